The molecule has 1 aromatic carbocycles. The summed E-state index contributed by atoms with van der Waals surface area (Å²) in [6, 6.07) is 12.1. The zero-order valence-corrected chi connectivity index (χ0v) is 8.99. The van der Waals surface area contributed by atoms with E-state index in [4.69, 9.17) is 0 Å². The van der Waals surface area contributed by atoms with E-state index in [1.165, 1.54) is 5.39 Å². The second kappa shape index (κ2) is 5.50. The summed E-state index contributed by atoms with van der Waals surface area (Å²) < 4.78 is 29.1. The van der Waals surface area contributed by atoms with Crippen LogP contribution in [0.15, 0.2) is 42.6 Å². The molecule has 0 bridgehead atoms. The van der Waals surface area contributed by atoms with Crippen molar-refractivity contribution in [3.63, 3.8) is 0 Å². The molecule has 0 atom stereocenters. The number of nitrogens with two attached hydrogens (primary N) is 1. The lowest BCUT2D eigenvalue weighted by molar-refractivity contribution is 0.426. The van der Waals surface area contributed by atoms with E-state index in [1.807, 2.05) is 30.5 Å². The molecule has 0 amide bonds. The molecule has 0 aliphatic heterocycles. The lowest BCUT2D eigenvalue weighted by atomic mass is 10.2. The Morgan fingerprint density at radius 2 is 1.75 bits per heavy atom. The molecule has 7 heteroatoms. The van der Waals surface area contributed by atoms with E-state index >= 15 is 0 Å². The van der Waals surface area contributed by atoms with Crippen molar-refractivity contribution in [2.24, 2.45) is 5.14 Å². The van der Waals surface area contributed by atoms with Crippen molar-refractivity contribution in [3.05, 3.63) is 42.6 Å². The lowest BCUT2D eigenvalue weighted by Crippen LogP contribution is -2.23. The van der Waals surface area contributed by atoms with E-state index in [9.17, 15) is 12.9 Å². The number of hydrogen-bond donors (Lipinski definition) is 2. The van der Waals surface area contributed by atoms with Gasteiger partial charge in [-0.2, -0.15) is 8.42 Å². The first-order chi connectivity index (χ1) is 7.53. The molecule has 0 saturated carbocycles. The van der Waals surface area contributed by atoms with Crippen LogP contribution in [0.3, 0.4) is 0 Å². The van der Waals surface area contributed by atoms with E-state index in [2.05, 4.69) is 22.3 Å². The maximum Gasteiger partial charge on any atom is 0.300 e. The van der Waals surface area contributed by atoms with Gasteiger partial charge < -0.3 is 0 Å². The maximum atomic E-state index is 10.5. The molecule has 0 spiro atoms. The number of nitrogens with one attached hydrogen (secondary N) is 1. The van der Waals surface area contributed by atoms with E-state index in [0.29, 0.717) is 4.94 Å². The molecule has 0 saturated heterocycles. The van der Waals surface area contributed by atoms with Gasteiger partial charge in [0.05, 0.1) is 5.52 Å². The van der Waals surface area contributed by atoms with E-state index < -0.39 is 10.2 Å². The molecule has 0 fully saturated rings. The third kappa shape index (κ3) is 4.30. The van der Waals surface area contributed by atoms with Crippen molar-refractivity contribution in [3.8, 4) is 0 Å². The molecule has 0 aliphatic carbocycles. The van der Waals surface area contributed by atoms with Crippen LogP contribution in [-0.4, -0.2) is 13.4 Å². The van der Waals surface area contributed by atoms with Crippen LogP contribution in [-0.2, 0) is 10.2 Å². The Hall–Kier alpha value is -1.57. The summed E-state index contributed by atoms with van der Waals surface area (Å²) in [5.74, 6) is 0. The highest BCUT2D eigenvalue weighted by Crippen LogP contribution is 2.07. The van der Waals surface area contributed by atoms with Gasteiger partial charge >= 0.3 is 10.2 Å². The van der Waals surface area contributed by atoms with Gasteiger partial charge in [-0.05, 0) is 17.1 Å². The third-order valence-corrected chi connectivity index (χ3v) is 1.83. The number of benzene rings is 1. The topological polar surface area (TPSA) is 85.1 Å². The highest BCUT2D eigenvalue weighted by molar-refractivity contribution is 7.87. The Morgan fingerprint density at radius 1 is 1.19 bits per heavy atom. The molecule has 0 aliphatic rings. The number of hydrogen-bond acceptors (Lipinski definition) is 3. The quantitative estimate of drug-likeness (QED) is 0.730. The highest BCUT2D eigenvalue weighted by atomic mass is 32.2. The minimum Gasteiger partial charge on any atom is -0.256 e. The summed E-state index contributed by atoms with van der Waals surface area (Å²) in [5, 5.41) is 5.22. The van der Waals surface area contributed by atoms with Gasteiger partial charge in [-0.15, -0.1) is 4.48 Å². The fourth-order valence-corrected chi connectivity index (χ4v) is 1.02. The van der Waals surface area contributed by atoms with Gasteiger partial charge in [-0.3, -0.25) is 4.98 Å². The van der Waals surface area contributed by atoms with Crippen LogP contribution in [0.1, 0.15) is 0 Å². The molecule has 2 rings (SSSR count). The van der Waals surface area contributed by atoms with Gasteiger partial charge in [0.2, 0.25) is 0 Å². The van der Waals surface area contributed by atoms with E-state index in [1.54, 1.807) is 0 Å². The summed E-state index contributed by atoms with van der Waals surface area (Å²) in [5.41, 5.74) is 1.06. The summed E-state index contributed by atoms with van der Waals surface area (Å²) >= 11 is 0. The van der Waals surface area contributed by atoms with Crippen LogP contribution in [0, 0.1) is 0 Å². The third-order valence-electron chi connectivity index (χ3n) is 1.62. The molecule has 86 valence electrons. The molecule has 5 nitrogen and oxygen atoms in total. The molecule has 1 heterocycles. The van der Waals surface area contributed by atoms with Crippen molar-refractivity contribution in [1.29, 1.82) is 0 Å². The smallest absolute Gasteiger partial charge is 0.256 e. The van der Waals surface area contributed by atoms with Crippen molar-refractivity contribution in [2.75, 3.05) is 0 Å². The van der Waals surface area contributed by atoms with Gasteiger partial charge in [-0.25, -0.2) is 5.14 Å². The minimum absolute atomic E-state index is 0.354. The predicted octanol–water partition coefficient (Wildman–Crippen LogP) is 0.899. The fourth-order valence-electron chi connectivity index (χ4n) is 1.02. The van der Waals surface area contributed by atoms with Gasteiger partial charge in [-0.1, -0.05) is 24.3 Å². The van der Waals surface area contributed by atoms with Crippen LogP contribution in [0.4, 0.5) is 4.48 Å². The Kier molecular flexibility index (Phi) is 4.29. The number of halogens is 1. The number of rotatable bonds is 1. The van der Waals surface area contributed by atoms with Gasteiger partial charge in [0.25, 0.3) is 0 Å². The van der Waals surface area contributed by atoms with Crippen molar-refractivity contribution in [1.82, 2.24) is 9.93 Å². The maximum absolute atomic E-state index is 10.5. The monoisotopic (exact) mass is 243 g/mol. The Balaban J connectivity index is 0.000000187. The number of para-hydroxylation sites is 1. The fraction of sp³-hybridized carbons (Fsp3) is 0. The summed E-state index contributed by atoms with van der Waals surface area (Å²) in [6.07, 6.45) is 1.81. The first-order valence-electron chi connectivity index (χ1n) is 4.23. The molecule has 16 heavy (non-hydrogen) atoms. The number of pyridine rings is 1. The molecular weight excluding hydrogens is 233 g/mol. The average molecular weight is 243 g/mol. The van der Waals surface area contributed by atoms with Gasteiger partial charge in [0, 0.05) is 11.6 Å². The molecule has 0 radical (unpaired) electrons. The van der Waals surface area contributed by atoms with Crippen LogP contribution >= 0.6 is 0 Å². The zero-order chi connectivity index (χ0) is 12.0. The Morgan fingerprint density at radius 3 is 2.31 bits per heavy atom. The van der Waals surface area contributed by atoms with E-state index in [0.717, 1.165) is 5.52 Å². The highest BCUT2D eigenvalue weighted by Gasteiger charge is 1.92. The molecular formula is C9H10FN3O2S. The number of nitrogens with zero attached hydrogens (tertiary/aromatic N) is 1. The predicted molar refractivity (Wildman–Crippen MR) is 59.1 cm³/mol. The summed E-state index contributed by atoms with van der Waals surface area (Å²) in [7, 11) is -4.08. The van der Waals surface area contributed by atoms with E-state index in [-0.39, 0.29) is 0 Å². The van der Waals surface area contributed by atoms with Crippen LogP contribution in [0.5, 0.6) is 0 Å². The lowest BCUT2D eigenvalue weighted by Gasteiger charge is -1.91. The number of aromatic nitrogens is 1. The van der Waals surface area contributed by atoms with Crippen molar-refractivity contribution in [2.45, 2.75) is 0 Å². The SMILES string of the molecule is NS(=O)(=O)NF.c1ccc2ncccc2c1. The van der Waals surface area contributed by atoms with Crippen LogP contribution < -0.4 is 10.1 Å². The van der Waals surface area contributed by atoms with Crippen LogP contribution in [0.2, 0.25) is 0 Å². The normalized spacial score (nSPS) is 10.6. The van der Waals surface area contributed by atoms with Gasteiger partial charge in [0.1, 0.15) is 0 Å². The first kappa shape index (κ1) is 12.5. The number of fused-ring (bicyclic) bond motifs is 1. The molecule has 0 unspecified atom stereocenters. The summed E-state index contributed by atoms with van der Waals surface area (Å²) in [6.45, 7) is 0. The van der Waals surface area contributed by atoms with Crippen LogP contribution in [0.25, 0.3) is 10.9 Å². The second-order valence-electron chi connectivity index (χ2n) is 2.82. The first-order valence-corrected chi connectivity index (χ1v) is 5.77. The standard InChI is InChI=1S/C9H7N.FH3N2O2S/c1-2-6-9-8(4-1)5-3-7-10-9;1-3-6(2,4)5/h1-7H;3H,(H2,2,4,5). The Bertz CT molecular complexity index is 494. The minimum atomic E-state index is -4.08. The summed E-state index contributed by atoms with van der Waals surface area (Å²) in [4.78, 5) is 4.54. The molecule has 3 N–H and O–H groups in total. The molecule has 2 aromatic rings. The van der Waals surface area contributed by atoms with Crippen molar-refractivity contribution >= 4 is 21.1 Å². The Labute approximate surface area is 92.2 Å². The average Bonchev–Trinajstić information content (AvgIpc) is 2.29. The largest absolute Gasteiger partial charge is 0.300 e. The second-order valence-corrected chi connectivity index (χ2v) is 4.06. The molecule has 1 aromatic heterocycles. The van der Waals surface area contributed by atoms with Crippen molar-refractivity contribution < 1.29 is 12.9 Å². The van der Waals surface area contributed by atoms with Gasteiger partial charge in [0.15, 0.2) is 0 Å². The zero-order valence-electron chi connectivity index (χ0n) is 8.17.